The van der Waals surface area contributed by atoms with Crippen molar-refractivity contribution in [2.75, 3.05) is 5.75 Å². The smallest absolute Gasteiger partial charge is 0.204 e. The van der Waals surface area contributed by atoms with Crippen molar-refractivity contribution in [3.05, 3.63) is 58.6 Å². The number of aryl methyl sites for hydroxylation is 2. The van der Waals surface area contributed by atoms with Crippen molar-refractivity contribution < 1.29 is 8.42 Å². The Morgan fingerprint density at radius 3 is 2.38 bits per heavy atom. The lowest BCUT2D eigenvalue weighted by Crippen LogP contribution is -2.15. The highest BCUT2D eigenvalue weighted by atomic mass is 79.9. The quantitative estimate of drug-likeness (QED) is 0.650. The first-order valence-corrected chi connectivity index (χ1v) is 9.72. The van der Waals surface area contributed by atoms with Crippen LogP contribution in [0.5, 0.6) is 0 Å². The Bertz CT molecular complexity index is 935. The SMILES string of the molecule is Cc1ccc(-c2nnn(CCS(=O)(=O)c3ccc(Br)cc3)n2)cc1. The summed E-state index contributed by atoms with van der Waals surface area (Å²) in [5.74, 6) is 0.397. The van der Waals surface area contributed by atoms with E-state index in [1.165, 1.54) is 4.80 Å². The number of rotatable bonds is 5. The minimum absolute atomic E-state index is 0.0850. The van der Waals surface area contributed by atoms with Crippen LogP contribution in [0.2, 0.25) is 0 Å². The Kier molecular flexibility index (Phi) is 4.77. The molecule has 3 aromatic rings. The largest absolute Gasteiger partial charge is 0.224 e. The van der Waals surface area contributed by atoms with Crippen LogP contribution < -0.4 is 0 Å². The van der Waals surface area contributed by atoms with Gasteiger partial charge in [-0.1, -0.05) is 45.8 Å². The van der Waals surface area contributed by atoms with E-state index in [1.54, 1.807) is 24.3 Å². The normalized spacial score (nSPS) is 11.6. The molecule has 0 radical (unpaired) electrons. The molecule has 1 aromatic heterocycles. The maximum Gasteiger partial charge on any atom is 0.204 e. The number of hydrogen-bond acceptors (Lipinski definition) is 5. The van der Waals surface area contributed by atoms with Crippen molar-refractivity contribution in [2.45, 2.75) is 18.4 Å². The topological polar surface area (TPSA) is 77.7 Å². The molecular formula is C16H15BrN4O2S. The summed E-state index contributed by atoms with van der Waals surface area (Å²) in [4.78, 5) is 1.59. The Morgan fingerprint density at radius 1 is 1.04 bits per heavy atom. The van der Waals surface area contributed by atoms with Crippen molar-refractivity contribution in [2.24, 2.45) is 0 Å². The first kappa shape index (κ1) is 16.8. The molecule has 0 aliphatic carbocycles. The third-order valence-electron chi connectivity index (χ3n) is 3.50. The molecule has 0 bridgehead atoms. The first-order chi connectivity index (χ1) is 11.4. The molecule has 0 aliphatic rings. The molecule has 0 amide bonds. The second kappa shape index (κ2) is 6.82. The standard InChI is InChI=1S/C16H15BrN4O2S/c1-12-2-4-13(5-3-12)16-18-20-21(19-16)10-11-24(22,23)15-8-6-14(17)7-9-15/h2-9H,10-11H2,1H3. The summed E-state index contributed by atoms with van der Waals surface area (Å²) in [6.07, 6.45) is 0. The molecule has 3 rings (SSSR count). The third kappa shape index (κ3) is 3.88. The van der Waals surface area contributed by atoms with Crippen LogP contribution in [0.4, 0.5) is 0 Å². The molecule has 2 aromatic carbocycles. The molecule has 0 atom stereocenters. The molecule has 0 saturated heterocycles. The van der Waals surface area contributed by atoms with Crippen LogP contribution >= 0.6 is 15.9 Å². The average Bonchev–Trinajstić information content (AvgIpc) is 3.03. The number of aromatic nitrogens is 4. The van der Waals surface area contributed by atoms with Gasteiger partial charge in [0.25, 0.3) is 0 Å². The van der Waals surface area contributed by atoms with E-state index in [2.05, 4.69) is 31.3 Å². The maximum absolute atomic E-state index is 12.3. The zero-order valence-electron chi connectivity index (χ0n) is 12.9. The summed E-state index contributed by atoms with van der Waals surface area (Å²) in [6.45, 7) is 2.15. The highest BCUT2D eigenvalue weighted by Gasteiger charge is 2.15. The molecule has 0 fully saturated rings. The van der Waals surface area contributed by atoms with Crippen LogP contribution in [-0.2, 0) is 16.4 Å². The molecule has 24 heavy (non-hydrogen) atoms. The molecule has 1 heterocycles. The Labute approximate surface area is 148 Å². The predicted octanol–water partition coefficient (Wildman–Crippen LogP) is 2.88. The van der Waals surface area contributed by atoms with Gasteiger partial charge in [0.15, 0.2) is 9.84 Å². The van der Waals surface area contributed by atoms with Crippen LogP contribution in [0.3, 0.4) is 0 Å². The molecular weight excluding hydrogens is 392 g/mol. The zero-order valence-corrected chi connectivity index (χ0v) is 15.3. The van der Waals surface area contributed by atoms with E-state index >= 15 is 0 Å². The molecule has 124 valence electrons. The van der Waals surface area contributed by atoms with Crippen molar-refractivity contribution in [1.29, 1.82) is 0 Å². The van der Waals surface area contributed by atoms with Crippen molar-refractivity contribution in [3.8, 4) is 11.4 Å². The van der Waals surface area contributed by atoms with Crippen molar-refractivity contribution >= 4 is 25.8 Å². The highest BCUT2D eigenvalue weighted by Crippen LogP contribution is 2.17. The molecule has 0 N–H and O–H groups in total. The molecule has 6 nitrogen and oxygen atoms in total. The first-order valence-electron chi connectivity index (χ1n) is 7.27. The molecule has 0 saturated carbocycles. The van der Waals surface area contributed by atoms with Gasteiger partial charge in [-0.25, -0.2) is 8.42 Å². The van der Waals surface area contributed by atoms with Gasteiger partial charge in [0.05, 0.1) is 17.2 Å². The van der Waals surface area contributed by atoms with E-state index in [-0.39, 0.29) is 17.2 Å². The summed E-state index contributed by atoms with van der Waals surface area (Å²) >= 11 is 3.29. The molecule has 8 heteroatoms. The number of halogens is 1. The predicted molar refractivity (Wildman–Crippen MR) is 94.2 cm³/mol. The van der Waals surface area contributed by atoms with Crippen LogP contribution in [0.1, 0.15) is 5.56 Å². The Morgan fingerprint density at radius 2 is 1.71 bits per heavy atom. The van der Waals surface area contributed by atoms with Crippen LogP contribution in [0.15, 0.2) is 57.9 Å². The van der Waals surface area contributed by atoms with Gasteiger partial charge < -0.3 is 0 Å². The average molecular weight is 407 g/mol. The molecule has 0 spiro atoms. The fraction of sp³-hybridized carbons (Fsp3) is 0.188. The number of tetrazole rings is 1. The summed E-state index contributed by atoms with van der Waals surface area (Å²) in [5, 5.41) is 12.2. The van der Waals surface area contributed by atoms with Gasteiger partial charge in [-0.2, -0.15) is 4.80 Å². The van der Waals surface area contributed by atoms with Gasteiger partial charge in [0.2, 0.25) is 5.82 Å². The van der Waals surface area contributed by atoms with Crippen molar-refractivity contribution in [1.82, 2.24) is 20.2 Å². The van der Waals surface area contributed by atoms with E-state index < -0.39 is 9.84 Å². The Balaban J connectivity index is 1.71. The van der Waals surface area contributed by atoms with Crippen LogP contribution in [0.25, 0.3) is 11.4 Å². The van der Waals surface area contributed by atoms with E-state index in [9.17, 15) is 8.42 Å². The van der Waals surface area contributed by atoms with Crippen LogP contribution in [0, 0.1) is 6.92 Å². The minimum atomic E-state index is -3.39. The third-order valence-corrected chi connectivity index (χ3v) is 5.73. The number of benzene rings is 2. The molecule has 0 aliphatic heterocycles. The minimum Gasteiger partial charge on any atom is -0.224 e. The van der Waals surface area contributed by atoms with Gasteiger partial charge in [-0.15, -0.1) is 10.2 Å². The van der Waals surface area contributed by atoms with Gasteiger partial charge in [0, 0.05) is 10.0 Å². The van der Waals surface area contributed by atoms with E-state index in [4.69, 9.17) is 0 Å². The van der Waals surface area contributed by atoms with Crippen LogP contribution in [-0.4, -0.2) is 34.4 Å². The lowest BCUT2D eigenvalue weighted by Gasteiger charge is -2.03. The van der Waals surface area contributed by atoms with Gasteiger partial charge >= 0.3 is 0 Å². The van der Waals surface area contributed by atoms with Gasteiger partial charge in [-0.05, 0) is 36.4 Å². The lowest BCUT2D eigenvalue weighted by molar-refractivity contribution is 0.538. The maximum atomic E-state index is 12.3. The lowest BCUT2D eigenvalue weighted by atomic mass is 10.1. The summed E-state index contributed by atoms with van der Waals surface area (Å²) in [7, 11) is -3.39. The summed E-state index contributed by atoms with van der Waals surface area (Å²) < 4.78 is 25.5. The summed E-state index contributed by atoms with van der Waals surface area (Å²) in [6, 6.07) is 14.3. The monoisotopic (exact) mass is 406 g/mol. The Hall–Kier alpha value is -2.06. The number of hydrogen-bond donors (Lipinski definition) is 0. The highest BCUT2D eigenvalue weighted by molar-refractivity contribution is 9.10. The van der Waals surface area contributed by atoms with Crippen molar-refractivity contribution in [3.63, 3.8) is 0 Å². The van der Waals surface area contributed by atoms with Gasteiger partial charge in [0.1, 0.15) is 0 Å². The van der Waals surface area contributed by atoms with E-state index in [1.807, 2.05) is 31.2 Å². The fourth-order valence-corrected chi connectivity index (χ4v) is 3.57. The summed E-state index contributed by atoms with van der Waals surface area (Å²) in [5.41, 5.74) is 1.99. The van der Waals surface area contributed by atoms with Gasteiger partial charge in [-0.3, -0.25) is 0 Å². The molecule has 0 unspecified atom stereocenters. The number of sulfone groups is 1. The second-order valence-corrected chi connectivity index (χ2v) is 8.37. The zero-order chi connectivity index (χ0) is 17.2. The number of nitrogens with zero attached hydrogens (tertiary/aromatic N) is 4. The van der Waals surface area contributed by atoms with E-state index in [0.717, 1.165) is 15.6 Å². The fourth-order valence-electron chi connectivity index (χ4n) is 2.12. The second-order valence-electron chi connectivity index (χ2n) is 5.35. The van der Waals surface area contributed by atoms with E-state index in [0.29, 0.717) is 5.82 Å².